The predicted octanol–water partition coefficient (Wildman–Crippen LogP) is 3.09. The van der Waals surface area contributed by atoms with E-state index in [1.807, 2.05) is 0 Å². The lowest BCUT2D eigenvalue weighted by atomic mass is 9.83. The van der Waals surface area contributed by atoms with Gasteiger partial charge in [-0.1, -0.05) is 25.8 Å². The molecule has 1 aromatic rings. The average molecular weight is 247 g/mol. The van der Waals surface area contributed by atoms with Gasteiger partial charge < -0.3 is 10.4 Å². The molecule has 2 rings (SSSR count). The van der Waals surface area contributed by atoms with E-state index in [9.17, 15) is 9.90 Å². The van der Waals surface area contributed by atoms with Crippen LogP contribution in [0.1, 0.15) is 49.4 Å². The minimum Gasteiger partial charge on any atom is -0.508 e. The van der Waals surface area contributed by atoms with E-state index in [0.29, 0.717) is 11.0 Å². The molecule has 0 spiro atoms. The Bertz CT molecular complexity index is 422. The van der Waals surface area contributed by atoms with E-state index in [2.05, 4.69) is 12.2 Å². The molecular weight excluding hydrogens is 226 g/mol. The van der Waals surface area contributed by atoms with Gasteiger partial charge in [0.25, 0.3) is 5.91 Å². The molecule has 2 N–H and O–H groups in total. The molecule has 18 heavy (non-hydrogen) atoms. The van der Waals surface area contributed by atoms with Crippen LogP contribution in [0.25, 0.3) is 0 Å². The van der Waals surface area contributed by atoms with Gasteiger partial charge in [-0.25, -0.2) is 0 Å². The molecular formula is C15H21NO2. The third-order valence-corrected chi connectivity index (χ3v) is 4.15. The molecule has 1 aliphatic carbocycles. The lowest BCUT2D eigenvalue weighted by Gasteiger charge is -2.27. The zero-order valence-corrected chi connectivity index (χ0v) is 10.9. The van der Waals surface area contributed by atoms with Crippen LogP contribution < -0.4 is 5.32 Å². The highest BCUT2D eigenvalue weighted by atomic mass is 16.3. The minimum absolute atomic E-state index is 0.0920. The first-order valence-corrected chi connectivity index (χ1v) is 6.72. The number of hydrogen-bond donors (Lipinski definition) is 2. The summed E-state index contributed by atoms with van der Waals surface area (Å²) in [4.78, 5) is 12.0. The topological polar surface area (TPSA) is 49.3 Å². The van der Waals surface area contributed by atoms with Crippen LogP contribution in [0.15, 0.2) is 24.3 Å². The van der Waals surface area contributed by atoms with Crippen molar-refractivity contribution < 1.29 is 9.90 Å². The summed E-state index contributed by atoms with van der Waals surface area (Å²) in [7, 11) is 0. The normalized spacial score (nSPS) is 17.6. The standard InChI is InChI=1S/C15H21NO2/c1-2-15(8-3-4-9-15)11-16-14(18)12-6-5-7-13(17)10-12/h5-7,10,17H,2-4,8-9,11H2,1H3,(H,16,18). The fraction of sp³-hybridized carbons (Fsp3) is 0.533. The van der Waals surface area contributed by atoms with Gasteiger partial charge in [-0.05, 0) is 42.9 Å². The summed E-state index contributed by atoms with van der Waals surface area (Å²) in [6.45, 7) is 2.95. The number of benzene rings is 1. The van der Waals surface area contributed by atoms with Crippen LogP contribution in [-0.4, -0.2) is 17.6 Å². The van der Waals surface area contributed by atoms with E-state index in [0.717, 1.165) is 13.0 Å². The lowest BCUT2D eigenvalue weighted by molar-refractivity contribution is 0.0928. The molecule has 0 unspecified atom stereocenters. The highest BCUT2D eigenvalue weighted by Gasteiger charge is 2.32. The maximum atomic E-state index is 12.0. The van der Waals surface area contributed by atoms with Crippen molar-refractivity contribution in [2.75, 3.05) is 6.54 Å². The Labute approximate surface area is 108 Å². The Morgan fingerprint density at radius 1 is 1.39 bits per heavy atom. The van der Waals surface area contributed by atoms with Crippen LogP contribution in [0.2, 0.25) is 0 Å². The Morgan fingerprint density at radius 2 is 2.11 bits per heavy atom. The second-order valence-electron chi connectivity index (χ2n) is 5.29. The second kappa shape index (κ2) is 5.42. The molecule has 1 aliphatic rings. The number of nitrogens with one attached hydrogen (secondary N) is 1. The number of phenolic OH excluding ortho intramolecular Hbond substituents is 1. The molecule has 1 amide bonds. The molecule has 3 nitrogen and oxygen atoms in total. The van der Waals surface area contributed by atoms with Gasteiger partial charge in [-0.2, -0.15) is 0 Å². The van der Waals surface area contributed by atoms with Crippen LogP contribution in [0.5, 0.6) is 5.75 Å². The van der Waals surface area contributed by atoms with Gasteiger partial charge in [0, 0.05) is 12.1 Å². The fourth-order valence-electron chi connectivity index (χ4n) is 2.80. The van der Waals surface area contributed by atoms with Crippen LogP contribution in [0, 0.1) is 5.41 Å². The molecule has 98 valence electrons. The summed E-state index contributed by atoms with van der Waals surface area (Å²) >= 11 is 0. The molecule has 0 aliphatic heterocycles. The predicted molar refractivity (Wildman–Crippen MR) is 71.6 cm³/mol. The van der Waals surface area contributed by atoms with E-state index in [1.54, 1.807) is 18.2 Å². The molecule has 0 heterocycles. The number of phenols is 1. The largest absolute Gasteiger partial charge is 0.508 e. The number of aromatic hydroxyl groups is 1. The van der Waals surface area contributed by atoms with Crippen LogP contribution in [-0.2, 0) is 0 Å². The number of carbonyl (C=O) groups excluding carboxylic acids is 1. The zero-order valence-electron chi connectivity index (χ0n) is 10.9. The monoisotopic (exact) mass is 247 g/mol. The molecule has 0 saturated heterocycles. The molecule has 3 heteroatoms. The maximum Gasteiger partial charge on any atom is 0.251 e. The average Bonchev–Trinajstić information content (AvgIpc) is 2.85. The summed E-state index contributed by atoms with van der Waals surface area (Å²) in [6.07, 6.45) is 6.09. The highest BCUT2D eigenvalue weighted by molar-refractivity contribution is 5.94. The van der Waals surface area contributed by atoms with E-state index in [4.69, 9.17) is 0 Å². The van der Waals surface area contributed by atoms with E-state index in [-0.39, 0.29) is 11.7 Å². The van der Waals surface area contributed by atoms with Crippen molar-refractivity contribution in [3.63, 3.8) is 0 Å². The summed E-state index contributed by atoms with van der Waals surface area (Å²) in [5.41, 5.74) is 0.825. The number of rotatable bonds is 4. The first kappa shape index (κ1) is 12.9. The summed E-state index contributed by atoms with van der Waals surface area (Å²) in [5, 5.41) is 12.4. The summed E-state index contributed by atoms with van der Waals surface area (Å²) < 4.78 is 0. The summed E-state index contributed by atoms with van der Waals surface area (Å²) in [5.74, 6) is 0.0411. The third-order valence-electron chi connectivity index (χ3n) is 4.15. The minimum atomic E-state index is -0.0920. The number of carbonyl (C=O) groups is 1. The molecule has 1 saturated carbocycles. The summed E-state index contributed by atoms with van der Waals surface area (Å²) in [6, 6.07) is 6.49. The first-order valence-electron chi connectivity index (χ1n) is 6.72. The van der Waals surface area contributed by atoms with Gasteiger partial charge in [0.2, 0.25) is 0 Å². The molecule has 0 atom stereocenters. The van der Waals surface area contributed by atoms with Gasteiger partial charge in [0.1, 0.15) is 5.75 Å². The Kier molecular flexibility index (Phi) is 3.90. The van der Waals surface area contributed by atoms with Crippen molar-refractivity contribution in [1.29, 1.82) is 0 Å². The van der Waals surface area contributed by atoms with Crippen molar-refractivity contribution in [3.05, 3.63) is 29.8 Å². The molecule has 1 fully saturated rings. The van der Waals surface area contributed by atoms with Crippen LogP contribution in [0.4, 0.5) is 0 Å². The van der Waals surface area contributed by atoms with Crippen LogP contribution >= 0.6 is 0 Å². The van der Waals surface area contributed by atoms with Gasteiger partial charge in [0.05, 0.1) is 0 Å². The van der Waals surface area contributed by atoms with Gasteiger partial charge in [-0.15, -0.1) is 0 Å². The van der Waals surface area contributed by atoms with Crippen molar-refractivity contribution in [2.24, 2.45) is 5.41 Å². The van der Waals surface area contributed by atoms with E-state index >= 15 is 0 Å². The van der Waals surface area contributed by atoms with Gasteiger partial charge in [-0.3, -0.25) is 4.79 Å². The first-order chi connectivity index (χ1) is 8.65. The van der Waals surface area contributed by atoms with Crippen LogP contribution in [0.3, 0.4) is 0 Å². The third kappa shape index (κ3) is 2.84. The van der Waals surface area contributed by atoms with Crippen molar-refractivity contribution in [3.8, 4) is 5.75 Å². The van der Waals surface area contributed by atoms with Gasteiger partial charge in [0.15, 0.2) is 0 Å². The lowest BCUT2D eigenvalue weighted by Crippen LogP contribution is -2.35. The highest BCUT2D eigenvalue weighted by Crippen LogP contribution is 2.40. The van der Waals surface area contributed by atoms with Crippen molar-refractivity contribution >= 4 is 5.91 Å². The van der Waals surface area contributed by atoms with E-state index in [1.165, 1.54) is 31.7 Å². The fourth-order valence-corrected chi connectivity index (χ4v) is 2.80. The van der Waals surface area contributed by atoms with Crippen molar-refractivity contribution in [2.45, 2.75) is 39.0 Å². The van der Waals surface area contributed by atoms with E-state index < -0.39 is 0 Å². The molecule has 0 bridgehead atoms. The SMILES string of the molecule is CCC1(CNC(=O)c2cccc(O)c2)CCCC1. The maximum absolute atomic E-state index is 12.0. The quantitative estimate of drug-likeness (QED) is 0.859. The smallest absolute Gasteiger partial charge is 0.251 e. The number of hydrogen-bond acceptors (Lipinski definition) is 2. The van der Waals surface area contributed by atoms with Gasteiger partial charge >= 0.3 is 0 Å². The Morgan fingerprint density at radius 3 is 2.72 bits per heavy atom. The zero-order chi connectivity index (χ0) is 13.0. The Hall–Kier alpha value is -1.51. The van der Waals surface area contributed by atoms with Crippen molar-refractivity contribution in [1.82, 2.24) is 5.32 Å². The molecule has 1 aromatic carbocycles. The molecule has 0 radical (unpaired) electrons. The Balaban J connectivity index is 1.96. The molecule has 0 aromatic heterocycles. The second-order valence-corrected chi connectivity index (χ2v) is 5.29. The number of amides is 1.